The number of fused-ring (bicyclic) bond motifs is 1. The minimum Gasteiger partial charge on any atom is -0.490 e. The molecule has 0 bridgehead atoms. The molecule has 1 heterocycles. The molecule has 5 nitrogen and oxygen atoms in total. The first kappa shape index (κ1) is 16.0. The summed E-state index contributed by atoms with van der Waals surface area (Å²) >= 11 is 0. The number of carbonyl (C=O) groups excluding carboxylic acids is 2. The summed E-state index contributed by atoms with van der Waals surface area (Å²) in [6, 6.07) is 10.4. The summed E-state index contributed by atoms with van der Waals surface area (Å²) in [5.41, 5.74) is 0.621. The molecule has 3 rings (SSSR count). The van der Waals surface area contributed by atoms with Crippen LogP contribution in [0.4, 0.5) is 15.8 Å². The van der Waals surface area contributed by atoms with E-state index < -0.39 is 17.1 Å². The summed E-state index contributed by atoms with van der Waals surface area (Å²) in [5.74, 6) is -0.547. The Hall–Kier alpha value is -2.89. The van der Waals surface area contributed by atoms with Crippen molar-refractivity contribution in [2.45, 2.75) is 13.8 Å². The van der Waals surface area contributed by atoms with E-state index in [1.54, 1.807) is 32.0 Å². The second-order valence-corrected chi connectivity index (χ2v) is 6.30. The van der Waals surface area contributed by atoms with E-state index in [1.807, 2.05) is 0 Å². The van der Waals surface area contributed by atoms with E-state index in [4.69, 9.17) is 4.74 Å². The van der Waals surface area contributed by atoms with Crippen LogP contribution in [-0.2, 0) is 4.79 Å². The minimum atomic E-state index is -0.649. The highest BCUT2D eigenvalue weighted by Gasteiger charge is 2.32. The third-order valence-electron chi connectivity index (χ3n) is 3.78. The van der Waals surface area contributed by atoms with Crippen molar-refractivity contribution >= 4 is 23.2 Å². The third kappa shape index (κ3) is 3.22. The van der Waals surface area contributed by atoms with E-state index in [2.05, 4.69) is 10.6 Å². The highest BCUT2D eigenvalue weighted by molar-refractivity contribution is 6.04. The number of nitrogens with one attached hydrogen (secondary N) is 2. The number of ether oxygens (including phenoxy) is 1. The zero-order valence-corrected chi connectivity index (χ0v) is 13.4. The monoisotopic (exact) mass is 328 g/mol. The fraction of sp³-hybridized carbons (Fsp3) is 0.222. The number of carbonyl (C=O) groups is 2. The van der Waals surface area contributed by atoms with Crippen LogP contribution in [0.2, 0.25) is 0 Å². The van der Waals surface area contributed by atoms with Crippen molar-refractivity contribution in [3.05, 3.63) is 53.8 Å². The quantitative estimate of drug-likeness (QED) is 0.887. The molecule has 6 heteroatoms. The van der Waals surface area contributed by atoms with Crippen molar-refractivity contribution in [1.82, 2.24) is 0 Å². The second-order valence-electron chi connectivity index (χ2n) is 6.30. The first-order valence-corrected chi connectivity index (χ1v) is 7.50. The van der Waals surface area contributed by atoms with Crippen LogP contribution in [0, 0.1) is 11.2 Å². The van der Waals surface area contributed by atoms with Gasteiger partial charge in [-0.2, -0.15) is 0 Å². The van der Waals surface area contributed by atoms with Gasteiger partial charge in [0.1, 0.15) is 18.2 Å². The van der Waals surface area contributed by atoms with Crippen molar-refractivity contribution in [3.63, 3.8) is 0 Å². The Balaban J connectivity index is 1.81. The van der Waals surface area contributed by atoms with Gasteiger partial charge >= 0.3 is 0 Å². The van der Waals surface area contributed by atoms with Crippen molar-refractivity contribution in [1.29, 1.82) is 0 Å². The van der Waals surface area contributed by atoms with E-state index >= 15 is 0 Å². The number of hydrogen-bond donors (Lipinski definition) is 2. The molecule has 0 fully saturated rings. The Bertz CT molecular complexity index is 818. The molecule has 0 unspecified atom stereocenters. The largest absolute Gasteiger partial charge is 0.490 e. The van der Waals surface area contributed by atoms with Gasteiger partial charge in [-0.3, -0.25) is 9.59 Å². The highest BCUT2D eigenvalue weighted by atomic mass is 19.1. The van der Waals surface area contributed by atoms with Crippen LogP contribution in [0.1, 0.15) is 24.2 Å². The minimum absolute atomic E-state index is 0.127. The van der Waals surface area contributed by atoms with Gasteiger partial charge in [0.15, 0.2) is 0 Å². The van der Waals surface area contributed by atoms with Gasteiger partial charge in [0, 0.05) is 17.3 Å². The van der Waals surface area contributed by atoms with Gasteiger partial charge in [-0.05, 0) is 44.2 Å². The summed E-state index contributed by atoms with van der Waals surface area (Å²) in [7, 11) is 0. The van der Waals surface area contributed by atoms with Crippen molar-refractivity contribution in [3.8, 4) is 5.75 Å². The summed E-state index contributed by atoms with van der Waals surface area (Å²) in [5, 5.41) is 5.50. The van der Waals surface area contributed by atoms with Gasteiger partial charge in [0.05, 0.1) is 11.1 Å². The topological polar surface area (TPSA) is 67.4 Å². The van der Waals surface area contributed by atoms with Crippen molar-refractivity contribution < 1.29 is 18.7 Å². The predicted molar refractivity (Wildman–Crippen MR) is 88.7 cm³/mol. The highest BCUT2D eigenvalue weighted by Crippen LogP contribution is 2.34. The zero-order valence-electron chi connectivity index (χ0n) is 13.4. The maximum absolute atomic E-state index is 13.2. The molecule has 1 aliphatic heterocycles. The van der Waals surface area contributed by atoms with Crippen LogP contribution in [0.15, 0.2) is 42.5 Å². The predicted octanol–water partition coefficient (Wildman–Crippen LogP) is 3.44. The Kier molecular flexibility index (Phi) is 3.97. The summed E-state index contributed by atoms with van der Waals surface area (Å²) in [6.45, 7) is 3.81. The maximum atomic E-state index is 13.2. The van der Waals surface area contributed by atoms with Crippen LogP contribution in [0.3, 0.4) is 0 Å². The number of halogens is 1. The SMILES string of the molecule is CC1(C)COc2cc(NC(=O)c3cccc(F)c3)ccc2NC1=O. The number of rotatable bonds is 2. The normalized spacial score (nSPS) is 15.5. The molecule has 0 spiro atoms. The fourth-order valence-corrected chi connectivity index (χ4v) is 2.27. The second kappa shape index (κ2) is 5.96. The lowest BCUT2D eigenvalue weighted by Crippen LogP contribution is -2.33. The molecule has 0 atom stereocenters. The molecule has 0 radical (unpaired) electrons. The van der Waals surface area contributed by atoms with E-state index in [9.17, 15) is 14.0 Å². The number of benzene rings is 2. The summed E-state index contributed by atoms with van der Waals surface area (Å²) in [4.78, 5) is 24.3. The molecular weight excluding hydrogens is 311 g/mol. The molecule has 0 saturated carbocycles. The smallest absolute Gasteiger partial charge is 0.255 e. The van der Waals surface area contributed by atoms with E-state index in [1.165, 1.54) is 18.2 Å². The fourth-order valence-electron chi connectivity index (χ4n) is 2.27. The first-order chi connectivity index (χ1) is 11.3. The van der Waals surface area contributed by atoms with E-state index in [0.717, 1.165) is 6.07 Å². The van der Waals surface area contributed by atoms with Crippen LogP contribution in [-0.4, -0.2) is 18.4 Å². The Morgan fingerprint density at radius 2 is 2.04 bits per heavy atom. The Labute approximate surface area is 138 Å². The van der Waals surface area contributed by atoms with E-state index in [0.29, 0.717) is 17.1 Å². The molecule has 1 aliphatic rings. The lowest BCUT2D eigenvalue weighted by Gasteiger charge is -2.18. The van der Waals surface area contributed by atoms with Crippen LogP contribution >= 0.6 is 0 Å². The molecule has 2 aromatic carbocycles. The van der Waals surface area contributed by atoms with Gasteiger partial charge in [-0.15, -0.1) is 0 Å². The summed E-state index contributed by atoms with van der Waals surface area (Å²) < 4.78 is 18.9. The Morgan fingerprint density at radius 1 is 1.25 bits per heavy atom. The van der Waals surface area contributed by atoms with Gasteiger partial charge in [-0.1, -0.05) is 6.07 Å². The molecule has 124 valence electrons. The molecule has 0 aliphatic carbocycles. The average molecular weight is 328 g/mol. The molecular formula is C18H17FN2O3. The lowest BCUT2D eigenvalue weighted by molar-refractivity contribution is -0.124. The third-order valence-corrected chi connectivity index (χ3v) is 3.78. The maximum Gasteiger partial charge on any atom is 0.255 e. The van der Waals surface area contributed by atoms with Crippen LogP contribution in [0.25, 0.3) is 0 Å². The van der Waals surface area contributed by atoms with Crippen molar-refractivity contribution in [2.24, 2.45) is 5.41 Å². The lowest BCUT2D eigenvalue weighted by atomic mass is 9.94. The van der Waals surface area contributed by atoms with Crippen LogP contribution < -0.4 is 15.4 Å². The van der Waals surface area contributed by atoms with Gasteiger partial charge < -0.3 is 15.4 Å². The molecule has 24 heavy (non-hydrogen) atoms. The molecule has 2 aromatic rings. The van der Waals surface area contributed by atoms with Crippen LogP contribution in [0.5, 0.6) is 5.75 Å². The number of anilines is 2. The van der Waals surface area contributed by atoms with E-state index in [-0.39, 0.29) is 18.1 Å². The molecule has 2 amide bonds. The molecule has 0 saturated heterocycles. The standard InChI is InChI=1S/C18H17FN2O3/c1-18(2)10-24-15-9-13(6-7-14(15)21-17(18)23)20-16(22)11-4-3-5-12(19)8-11/h3-9H,10H2,1-2H3,(H,20,22)(H,21,23). The Morgan fingerprint density at radius 3 is 2.79 bits per heavy atom. The van der Waals surface area contributed by atoms with Gasteiger partial charge in [0.25, 0.3) is 5.91 Å². The first-order valence-electron chi connectivity index (χ1n) is 7.50. The van der Waals surface area contributed by atoms with Gasteiger partial charge in [0.2, 0.25) is 5.91 Å². The number of hydrogen-bond acceptors (Lipinski definition) is 3. The van der Waals surface area contributed by atoms with Gasteiger partial charge in [-0.25, -0.2) is 4.39 Å². The average Bonchev–Trinajstić information content (AvgIpc) is 2.65. The zero-order chi connectivity index (χ0) is 17.3. The molecule has 2 N–H and O–H groups in total. The molecule has 0 aromatic heterocycles. The van der Waals surface area contributed by atoms with Crippen molar-refractivity contribution in [2.75, 3.05) is 17.2 Å². The number of amides is 2. The summed E-state index contributed by atoms with van der Waals surface area (Å²) in [6.07, 6.45) is 0.